The van der Waals surface area contributed by atoms with Crippen molar-refractivity contribution >= 4 is 27.7 Å². The van der Waals surface area contributed by atoms with Gasteiger partial charge in [0.15, 0.2) is 0 Å². The number of pyridine rings is 1. The second-order valence-electron chi connectivity index (χ2n) is 4.58. The van der Waals surface area contributed by atoms with Gasteiger partial charge in [-0.2, -0.15) is 0 Å². The van der Waals surface area contributed by atoms with E-state index in [1.807, 2.05) is 30.9 Å². The minimum atomic E-state index is 0.324. The number of nitrogens with one attached hydrogen (secondary N) is 1. The Labute approximate surface area is 133 Å². The van der Waals surface area contributed by atoms with Gasteiger partial charge < -0.3 is 5.32 Å². The van der Waals surface area contributed by atoms with Gasteiger partial charge in [-0.3, -0.25) is 4.98 Å². The largest absolute Gasteiger partial charge is 0.309 e. The molecular formula is C16H19BrN2S. The van der Waals surface area contributed by atoms with Crippen molar-refractivity contribution in [2.45, 2.75) is 24.8 Å². The van der Waals surface area contributed by atoms with Gasteiger partial charge in [-0.25, -0.2) is 0 Å². The fourth-order valence-corrected chi connectivity index (χ4v) is 3.61. The topological polar surface area (TPSA) is 24.9 Å². The Balaban J connectivity index is 2.06. The lowest BCUT2D eigenvalue weighted by Crippen LogP contribution is -2.23. The molecule has 0 bridgehead atoms. The molecule has 1 heterocycles. The van der Waals surface area contributed by atoms with Gasteiger partial charge in [0.25, 0.3) is 0 Å². The van der Waals surface area contributed by atoms with Crippen LogP contribution in [0.4, 0.5) is 0 Å². The van der Waals surface area contributed by atoms with Crippen LogP contribution >= 0.6 is 27.7 Å². The molecule has 2 aromatic rings. The van der Waals surface area contributed by atoms with Crippen LogP contribution in [0.1, 0.15) is 24.2 Å². The first-order chi connectivity index (χ1) is 9.70. The van der Waals surface area contributed by atoms with Crippen LogP contribution < -0.4 is 5.32 Å². The van der Waals surface area contributed by atoms with E-state index in [1.165, 1.54) is 10.5 Å². The maximum absolute atomic E-state index is 4.40. The molecule has 0 amide bonds. The Bertz CT molecular complexity index is 542. The maximum Gasteiger partial charge on any atom is 0.0430 e. The van der Waals surface area contributed by atoms with Crippen LogP contribution in [-0.4, -0.2) is 17.3 Å². The Hall–Kier alpha value is -0.840. The number of rotatable bonds is 6. The van der Waals surface area contributed by atoms with E-state index in [2.05, 4.69) is 63.5 Å². The summed E-state index contributed by atoms with van der Waals surface area (Å²) in [6.07, 6.45) is 1.98. The van der Waals surface area contributed by atoms with Gasteiger partial charge in [-0.05, 0) is 53.2 Å². The number of hydrogen-bond acceptors (Lipinski definition) is 3. The number of aryl methyl sites for hydroxylation is 1. The maximum atomic E-state index is 4.40. The molecule has 1 aromatic heterocycles. The monoisotopic (exact) mass is 350 g/mol. The Morgan fingerprint density at radius 1 is 1.25 bits per heavy atom. The predicted molar refractivity (Wildman–Crippen MR) is 90.3 cm³/mol. The quantitative estimate of drug-likeness (QED) is 0.770. The van der Waals surface area contributed by atoms with Crippen molar-refractivity contribution in [1.29, 1.82) is 0 Å². The Kier molecular flexibility index (Phi) is 6.07. The zero-order valence-corrected chi connectivity index (χ0v) is 14.2. The molecule has 20 heavy (non-hydrogen) atoms. The van der Waals surface area contributed by atoms with Crippen molar-refractivity contribution in [3.05, 3.63) is 58.3 Å². The van der Waals surface area contributed by atoms with Crippen molar-refractivity contribution in [3.8, 4) is 0 Å². The molecule has 0 spiro atoms. The number of aromatic nitrogens is 1. The standard InChI is InChI=1S/C16H19BrN2S/c1-3-18-15(13-9-8-12(2)19-10-13)11-20-16-7-5-4-6-14(16)17/h4-10,15,18H,3,11H2,1-2H3. The third-order valence-corrected chi connectivity index (χ3v) is 5.15. The highest BCUT2D eigenvalue weighted by atomic mass is 79.9. The molecule has 0 saturated carbocycles. The van der Waals surface area contributed by atoms with Gasteiger partial charge in [0, 0.05) is 33.1 Å². The normalized spacial score (nSPS) is 12.3. The second-order valence-corrected chi connectivity index (χ2v) is 6.50. The smallest absolute Gasteiger partial charge is 0.0430 e. The summed E-state index contributed by atoms with van der Waals surface area (Å²) in [5, 5.41) is 3.53. The zero-order valence-electron chi connectivity index (χ0n) is 11.8. The highest BCUT2D eigenvalue weighted by Gasteiger charge is 2.12. The van der Waals surface area contributed by atoms with E-state index in [-0.39, 0.29) is 0 Å². The van der Waals surface area contributed by atoms with Crippen LogP contribution in [0, 0.1) is 6.92 Å². The van der Waals surface area contributed by atoms with Crippen LogP contribution in [0.3, 0.4) is 0 Å². The highest BCUT2D eigenvalue weighted by molar-refractivity contribution is 9.10. The summed E-state index contributed by atoms with van der Waals surface area (Å²) in [7, 11) is 0. The molecule has 0 fully saturated rings. The Morgan fingerprint density at radius 3 is 2.70 bits per heavy atom. The number of hydrogen-bond donors (Lipinski definition) is 1. The van der Waals surface area contributed by atoms with Crippen molar-refractivity contribution in [2.75, 3.05) is 12.3 Å². The first-order valence-corrected chi connectivity index (χ1v) is 8.52. The number of benzene rings is 1. The van der Waals surface area contributed by atoms with Crippen LogP contribution in [0.25, 0.3) is 0 Å². The molecule has 2 nitrogen and oxygen atoms in total. The van der Waals surface area contributed by atoms with Gasteiger partial charge in [-0.15, -0.1) is 11.8 Å². The van der Waals surface area contributed by atoms with E-state index in [1.54, 1.807) is 0 Å². The first-order valence-electron chi connectivity index (χ1n) is 6.74. The summed E-state index contributed by atoms with van der Waals surface area (Å²) in [6, 6.07) is 12.9. The molecule has 1 N–H and O–H groups in total. The zero-order chi connectivity index (χ0) is 14.4. The molecule has 2 rings (SSSR count). The predicted octanol–water partition coefficient (Wildman–Crippen LogP) is 4.60. The van der Waals surface area contributed by atoms with E-state index in [0.29, 0.717) is 6.04 Å². The molecule has 1 unspecified atom stereocenters. The second kappa shape index (κ2) is 7.81. The van der Waals surface area contributed by atoms with E-state index in [9.17, 15) is 0 Å². The average molecular weight is 351 g/mol. The van der Waals surface area contributed by atoms with Crippen LogP contribution in [0.5, 0.6) is 0 Å². The minimum Gasteiger partial charge on any atom is -0.309 e. The summed E-state index contributed by atoms with van der Waals surface area (Å²) in [6.45, 7) is 5.11. The lowest BCUT2D eigenvalue weighted by molar-refractivity contribution is 0.603. The number of halogens is 1. The summed E-state index contributed by atoms with van der Waals surface area (Å²) in [5.74, 6) is 0.987. The lowest BCUT2D eigenvalue weighted by Gasteiger charge is -2.18. The van der Waals surface area contributed by atoms with Crippen molar-refractivity contribution in [1.82, 2.24) is 10.3 Å². The van der Waals surface area contributed by atoms with E-state index < -0.39 is 0 Å². The minimum absolute atomic E-state index is 0.324. The van der Waals surface area contributed by atoms with Gasteiger partial charge in [0.2, 0.25) is 0 Å². The Morgan fingerprint density at radius 2 is 2.05 bits per heavy atom. The van der Waals surface area contributed by atoms with Gasteiger partial charge >= 0.3 is 0 Å². The van der Waals surface area contributed by atoms with Crippen LogP contribution in [0.2, 0.25) is 0 Å². The first kappa shape index (κ1) is 15.5. The molecule has 0 radical (unpaired) electrons. The van der Waals surface area contributed by atoms with Crippen molar-refractivity contribution < 1.29 is 0 Å². The summed E-state index contributed by atoms with van der Waals surface area (Å²) in [5.41, 5.74) is 2.31. The van der Waals surface area contributed by atoms with Crippen LogP contribution in [0.15, 0.2) is 52.0 Å². The fourth-order valence-electron chi connectivity index (χ4n) is 1.94. The third-order valence-electron chi connectivity index (χ3n) is 3.03. The highest BCUT2D eigenvalue weighted by Crippen LogP contribution is 2.30. The molecule has 1 aromatic carbocycles. The van der Waals surface area contributed by atoms with Gasteiger partial charge in [0.05, 0.1) is 0 Å². The van der Waals surface area contributed by atoms with Crippen molar-refractivity contribution in [2.24, 2.45) is 0 Å². The summed E-state index contributed by atoms with van der Waals surface area (Å²) >= 11 is 5.45. The molecule has 0 aliphatic carbocycles. The van der Waals surface area contributed by atoms with E-state index in [0.717, 1.165) is 22.5 Å². The van der Waals surface area contributed by atoms with Crippen molar-refractivity contribution in [3.63, 3.8) is 0 Å². The number of nitrogens with zero attached hydrogens (tertiary/aromatic N) is 1. The van der Waals surface area contributed by atoms with Crippen LogP contribution in [-0.2, 0) is 0 Å². The molecule has 1 atom stereocenters. The van der Waals surface area contributed by atoms with E-state index in [4.69, 9.17) is 0 Å². The molecule has 0 saturated heterocycles. The summed E-state index contributed by atoms with van der Waals surface area (Å²) in [4.78, 5) is 5.67. The number of thioether (sulfide) groups is 1. The molecule has 106 valence electrons. The molecule has 0 aliphatic heterocycles. The molecule has 0 aliphatic rings. The van der Waals surface area contributed by atoms with Gasteiger partial charge in [-0.1, -0.05) is 25.1 Å². The summed E-state index contributed by atoms with van der Waals surface area (Å²) < 4.78 is 1.15. The van der Waals surface area contributed by atoms with E-state index >= 15 is 0 Å². The third kappa shape index (κ3) is 4.33. The SMILES string of the molecule is CCNC(CSc1ccccc1Br)c1ccc(C)nc1. The molecule has 4 heteroatoms. The lowest BCUT2D eigenvalue weighted by atomic mass is 10.1. The fraction of sp³-hybridized carbons (Fsp3) is 0.312. The average Bonchev–Trinajstić information content (AvgIpc) is 2.46. The van der Waals surface area contributed by atoms with Gasteiger partial charge in [0.1, 0.15) is 0 Å². The molecular weight excluding hydrogens is 332 g/mol.